The highest BCUT2D eigenvalue weighted by molar-refractivity contribution is 5.66. The highest BCUT2D eigenvalue weighted by atomic mass is 16.5. The maximum Gasteiger partial charge on any atom is 0.127 e. The number of anilines is 1. The number of furan rings is 1. The van der Waals surface area contributed by atoms with Crippen LogP contribution in [0.4, 0.5) is 5.69 Å². The molecule has 2 heterocycles. The Bertz CT molecular complexity index is 643. The molecule has 102 valence electrons. The number of benzene rings is 1. The summed E-state index contributed by atoms with van der Waals surface area (Å²) in [7, 11) is 1.65. The summed E-state index contributed by atoms with van der Waals surface area (Å²) >= 11 is 0. The molecular weight excluding hydrogens is 252 g/mol. The quantitative estimate of drug-likeness (QED) is 0.855. The van der Waals surface area contributed by atoms with Crippen molar-refractivity contribution >= 4 is 5.69 Å². The van der Waals surface area contributed by atoms with Crippen LogP contribution in [0.15, 0.2) is 41.0 Å². The molecule has 0 spiro atoms. The number of hydrogen-bond donors (Lipinski definition) is 0. The number of nitrogens with zero attached hydrogens (tertiary/aromatic N) is 2. The smallest absolute Gasteiger partial charge is 0.127 e. The van der Waals surface area contributed by atoms with E-state index in [1.165, 1.54) is 0 Å². The third-order valence-corrected chi connectivity index (χ3v) is 3.85. The predicted molar refractivity (Wildman–Crippen MR) is 75.8 cm³/mol. The Labute approximate surface area is 118 Å². The van der Waals surface area contributed by atoms with Crippen LogP contribution in [0, 0.1) is 11.3 Å². The second kappa shape index (κ2) is 4.93. The average Bonchev–Trinajstić information content (AvgIpc) is 3.11. The van der Waals surface area contributed by atoms with E-state index in [2.05, 4.69) is 17.9 Å². The first kappa shape index (κ1) is 12.6. The highest BCUT2D eigenvalue weighted by Gasteiger charge is 2.40. The van der Waals surface area contributed by atoms with Gasteiger partial charge >= 0.3 is 0 Å². The number of ether oxygens (including phenoxy) is 1. The Hall–Kier alpha value is -2.41. The number of nitriles is 1. The molecule has 0 saturated heterocycles. The van der Waals surface area contributed by atoms with Gasteiger partial charge in [0, 0.05) is 18.3 Å². The highest BCUT2D eigenvalue weighted by Crippen LogP contribution is 2.49. The zero-order valence-electron chi connectivity index (χ0n) is 11.5. The molecule has 0 fully saturated rings. The summed E-state index contributed by atoms with van der Waals surface area (Å²) in [6, 6.07) is 12.0. The molecule has 0 saturated carbocycles. The Balaban J connectivity index is 2.13. The van der Waals surface area contributed by atoms with E-state index in [1.807, 2.05) is 30.3 Å². The molecule has 0 amide bonds. The Kier molecular flexibility index (Phi) is 3.11. The summed E-state index contributed by atoms with van der Waals surface area (Å²) in [5.74, 6) is 1.41. The van der Waals surface area contributed by atoms with Gasteiger partial charge in [-0.3, -0.25) is 0 Å². The first-order valence-corrected chi connectivity index (χ1v) is 6.67. The lowest BCUT2D eigenvalue weighted by Gasteiger charge is -2.25. The third kappa shape index (κ3) is 1.75. The molecule has 3 rings (SSSR count). The minimum atomic E-state index is -0.220. The Morgan fingerprint density at radius 1 is 1.40 bits per heavy atom. The molecule has 20 heavy (non-hydrogen) atoms. The van der Waals surface area contributed by atoms with E-state index in [4.69, 9.17) is 9.15 Å². The maximum atomic E-state index is 9.57. The summed E-state index contributed by atoms with van der Waals surface area (Å²) in [4.78, 5) is 2.20. The minimum absolute atomic E-state index is 0.0675. The molecule has 2 unspecified atom stereocenters. The predicted octanol–water partition coefficient (Wildman–Crippen LogP) is 3.48. The van der Waals surface area contributed by atoms with Gasteiger partial charge in [-0.2, -0.15) is 5.26 Å². The van der Waals surface area contributed by atoms with Gasteiger partial charge in [0.15, 0.2) is 0 Å². The lowest BCUT2D eigenvalue weighted by atomic mass is 9.95. The summed E-state index contributed by atoms with van der Waals surface area (Å²) in [5.41, 5.74) is 2.09. The zero-order valence-corrected chi connectivity index (χ0v) is 11.5. The van der Waals surface area contributed by atoms with Gasteiger partial charge in [0.1, 0.15) is 23.5 Å². The molecule has 4 heteroatoms. The molecular formula is C16H16N2O2. The van der Waals surface area contributed by atoms with Crippen LogP contribution in [-0.2, 0) is 0 Å². The maximum absolute atomic E-state index is 9.57. The zero-order chi connectivity index (χ0) is 14.1. The van der Waals surface area contributed by atoms with E-state index >= 15 is 0 Å². The first-order valence-electron chi connectivity index (χ1n) is 6.67. The second-order valence-electron chi connectivity index (χ2n) is 4.78. The second-order valence-corrected chi connectivity index (χ2v) is 4.78. The molecule has 0 N–H and O–H groups in total. The van der Waals surface area contributed by atoms with Gasteiger partial charge < -0.3 is 14.1 Å². The van der Waals surface area contributed by atoms with E-state index in [0.29, 0.717) is 0 Å². The molecule has 4 nitrogen and oxygen atoms in total. The van der Waals surface area contributed by atoms with Crippen LogP contribution >= 0.6 is 0 Å². The van der Waals surface area contributed by atoms with E-state index in [1.54, 1.807) is 13.4 Å². The fourth-order valence-corrected chi connectivity index (χ4v) is 2.95. The lowest BCUT2D eigenvalue weighted by Crippen LogP contribution is -2.25. The molecule has 0 radical (unpaired) electrons. The topological polar surface area (TPSA) is 49.4 Å². The van der Waals surface area contributed by atoms with Crippen LogP contribution in [0.5, 0.6) is 5.75 Å². The summed E-state index contributed by atoms with van der Waals surface area (Å²) < 4.78 is 10.8. The molecule has 1 aliphatic heterocycles. The van der Waals surface area contributed by atoms with Gasteiger partial charge in [0.25, 0.3) is 0 Å². The van der Waals surface area contributed by atoms with Crippen molar-refractivity contribution in [3.05, 3.63) is 47.9 Å². The van der Waals surface area contributed by atoms with Crippen LogP contribution in [0.1, 0.15) is 30.2 Å². The van der Waals surface area contributed by atoms with Gasteiger partial charge in [-0.05, 0) is 30.7 Å². The van der Waals surface area contributed by atoms with Gasteiger partial charge in [0.05, 0.1) is 19.4 Å². The number of rotatable bonds is 3. The van der Waals surface area contributed by atoms with Crippen LogP contribution in [0.2, 0.25) is 0 Å². The number of methoxy groups -OCH3 is 1. The normalized spacial score (nSPS) is 20.6. The van der Waals surface area contributed by atoms with Crippen molar-refractivity contribution in [1.29, 1.82) is 5.26 Å². The number of fused-ring (bicyclic) bond motifs is 1. The van der Waals surface area contributed by atoms with Crippen molar-refractivity contribution in [1.82, 2.24) is 0 Å². The monoisotopic (exact) mass is 268 g/mol. The van der Waals surface area contributed by atoms with Gasteiger partial charge in [0.2, 0.25) is 0 Å². The minimum Gasteiger partial charge on any atom is -0.497 e. The van der Waals surface area contributed by atoms with Crippen LogP contribution in [-0.4, -0.2) is 13.7 Å². The van der Waals surface area contributed by atoms with E-state index < -0.39 is 0 Å². The van der Waals surface area contributed by atoms with Gasteiger partial charge in [-0.25, -0.2) is 0 Å². The third-order valence-electron chi connectivity index (χ3n) is 3.85. The van der Waals surface area contributed by atoms with Crippen molar-refractivity contribution in [3.63, 3.8) is 0 Å². The largest absolute Gasteiger partial charge is 0.497 e. The van der Waals surface area contributed by atoms with Crippen LogP contribution in [0.25, 0.3) is 0 Å². The first-order chi connectivity index (χ1) is 9.80. The fourth-order valence-electron chi connectivity index (χ4n) is 2.95. The van der Waals surface area contributed by atoms with Crippen molar-refractivity contribution in [2.45, 2.75) is 18.9 Å². The molecule has 0 bridgehead atoms. The van der Waals surface area contributed by atoms with Gasteiger partial charge in [-0.15, -0.1) is 0 Å². The summed E-state index contributed by atoms with van der Waals surface area (Å²) in [5, 5.41) is 9.57. The SMILES string of the molecule is CCN1c2cc(OC)ccc2C(C#N)C1c1ccco1. The average molecular weight is 268 g/mol. The number of hydrogen-bond acceptors (Lipinski definition) is 4. The molecule has 0 aliphatic carbocycles. The molecule has 1 aromatic carbocycles. The van der Waals surface area contributed by atoms with Gasteiger partial charge in [-0.1, -0.05) is 6.07 Å². The van der Waals surface area contributed by atoms with Crippen molar-refractivity contribution in [2.75, 3.05) is 18.6 Å². The van der Waals surface area contributed by atoms with Crippen molar-refractivity contribution < 1.29 is 9.15 Å². The lowest BCUT2D eigenvalue weighted by molar-refractivity contribution is 0.414. The van der Waals surface area contributed by atoms with E-state index in [9.17, 15) is 5.26 Å². The summed E-state index contributed by atoms with van der Waals surface area (Å²) in [6.45, 7) is 2.89. The Morgan fingerprint density at radius 2 is 2.25 bits per heavy atom. The van der Waals surface area contributed by atoms with E-state index in [-0.39, 0.29) is 12.0 Å². The van der Waals surface area contributed by atoms with Crippen LogP contribution < -0.4 is 9.64 Å². The number of likely N-dealkylation sites (N-methyl/N-ethyl adjacent to an activating group) is 1. The standard InChI is InChI=1S/C16H16N2O2/c1-3-18-14-9-11(19-2)6-7-12(14)13(10-17)16(18)15-5-4-8-20-15/h4-9,13,16H,3H2,1-2H3. The molecule has 1 aromatic heterocycles. The molecule has 1 aliphatic rings. The molecule has 2 aromatic rings. The molecule has 2 atom stereocenters. The Morgan fingerprint density at radius 3 is 2.85 bits per heavy atom. The van der Waals surface area contributed by atoms with Crippen molar-refractivity contribution in [2.24, 2.45) is 0 Å². The van der Waals surface area contributed by atoms with E-state index in [0.717, 1.165) is 29.3 Å². The van der Waals surface area contributed by atoms with Crippen molar-refractivity contribution in [3.8, 4) is 11.8 Å². The summed E-state index contributed by atoms with van der Waals surface area (Å²) in [6.07, 6.45) is 1.65. The van der Waals surface area contributed by atoms with Crippen LogP contribution in [0.3, 0.4) is 0 Å². The fraction of sp³-hybridized carbons (Fsp3) is 0.312.